The molecule has 0 aromatic carbocycles. The minimum absolute atomic E-state index is 0.138. The summed E-state index contributed by atoms with van der Waals surface area (Å²) in [7, 11) is 1.33. The first-order valence-corrected chi connectivity index (χ1v) is 3.43. The zero-order valence-corrected chi connectivity index (χ0v) is 6.39. The Morgan fingerprint density at radius 2 is 2.45 bits per heavy atom. The number of methoxy groups -OCH3 is 1. The molecule has 0 amide bonds. The van der Waals surface area contributed by atoms with E-state index < -0.39 is 5.66 Å². The monoisotopic (exact) mass is 154 g/mol. The zero-order valence-electron chi connectivity index (χ0n) is 6.39. The minimum atomic E-state index is -0.436. The number of nitrogens with zero attached hydrogens (tertiary/aromatic N) is 1. The first-order valence-electron chi connectivity index (χ1n) is 3.43. The first kappa shape index (κ1) is 8.02. The number of carbonyl (C=O) groups is 1. The molecule has 0 spiro atoms. The first-order chi connectivity index (χ1) is 5.22. The molecule has 0 radical (unpaired) electrons. The average Bonchev–Trinajstić information content (AvgIpc) is 2.81. The normalized spacial score (nSPS) is 18.5. The van der Waals surface area contributed by atoms with Crippen LogP contribution in [0.25, 0.3) is 4.85 Å². The maximum Gasteiger partial charge on any atom is 0.319 e. The van der Waals surface area contributed by atoms with Crippen LogP contribution in [0.15, 0.2) is 0 Å². The third-order valence-electron chi connectivity index (χ3n) is 1.73. The lowest BCUT2D eigenvalue weighted by atomic mass is 10.5. The van der Waals surface area contributed by atoms with Gasteiger partial charge in [-0.3, -0.25) is 9.64 Å². The van der Waals surface area contributed by atoms with E-state index >= 15 is 0 Å². The lowest BCUT2D eigenvalue weighted by molar-refractivity contribution is -0.139. The molecule has 1 aliphatic rings. The van der Waals surface area contributed by atoms with Gasteiger partial charge in [-0.25, -0.2) is 11.9 Å². The summed E-state index contributed by atoms with van der Waals surface area (Å²) < 4.78 is 4.41. The Bertz CT molecular complexity index is 203. The number of nitrogens with one attached hydrogen (secondary N) is 1. The van der Waals surface area contributed by atoms with E-state index in [1.165, 1.54) is 7.11 Å². The number of carbonyl (C=O) groups excluding carboxylic acids is 1. The SMILES string of the molecule is [C-]#[N+]C1(NCC(=O)OC)CC1. The van der Waals surface area contributed by atoms with Crippen LogP contribution in [0.5, 0.6) is 0 Å². The molecule has 11 heavy (non-hydrogen) atoms. The predicted molar refractivity (Wildman–Crippen MR) is 38.6 cm³/mol. The summed E-state index contributed by atoms with van der Waals surface area (Å²) in [6.07, 6.45) is 1.68. The van der Waals surface area contributed by atoms with Crippen LogP contribution >= 0.6 is 0 Å². The standard InChI is InChI=1S/C7H10N2O2/c1-8-7(3-4-7)9-5-6(10)11-2/h9H,3-5H2,2H3. The molecule has 0 unspecified atom stereocenters. The zero-order chi connectivity index (χ0) is 8.32. The Labute approximate surface area is 65.4 Å². The van der Waals surface area contributed by atoms with Gasteiger partial charge in [-0.05, 0) is 0 Å². The van der Waals surface area contributed by atoms with Crippen molar-refractivity contribution in [3.05, 3.63) is 11.4 Å². The summed E-state index contributed by atoms with van der Waals surface area (Å²) in [4.78, 5) is 14.0. The molecule has 0 saturated heterocycles. The van der Waals surface area contributed by atoms with Crippen LogP contribution in [0.2, 0.25) is 0 Å². The quantitative estimate of drug-likeness (QED) is 0.465. The molecule has 1 rings (SSSR count). The Hall–Kier alpha value is -1.08. The van der Waals surface area contributed by atoms with Gasteiger partial charge < -0.3 is 4.74 Å². The van der Waals surface area contributed by atoms with E-state index in [1.807, 2.05) is 0 Å². The van der Waals surface area contributed by atoms with Gasteiger partial charge in [-0.15, -0.1) is 0 Å². The maximum atomic E-state index is 10.6. The van der Waals surface area contributed by atoms with Gasteiger partial charge in [0.2, 0.25) is 0 Å². The van der Waals surface area contributed by atoms with Gasteiger partial charge in [-0.2, -0.15) is 0 Å². The summed E-state index contributed by atoms with van der Waals surface area (Å²) in [5, 5.41) is 2.84. The fourth-order valence-corrected chi connectivity index (χ4v) is 0.755. The number of esters is 1. The predicted octanol–water partition coefficient (Wildman–Crippen LogP) is 0.158. The van der Waals surface area contributed by atoms with Crippen LogP contribution < -0.4 is 5.32 Å². The average molecular weight is 154 g/mol. The second-order valence-electron chi connectivity index (χ2n) is 2.57. The van der Waals surface area contributed by atoms with Crippen LogP contribution in [0.3, 0.4) is 0 Å². The van der Waals surface area contributed by atoms with Crippen molar-refractivity contribution in [1.29, 1.82) is 0 Å². The molecule has 0 bridgehead atoms. The lowest BCUT2D eigenvalue weighted by Crippen LogP contribution is -2.33. The second kappa shape index (κ2) is 2.89. The van der Waals surface area contributed by atoms with Crippen molar-refractivity contribution in [3.8, 4) is 0 Å². The molecule has 60 valence electrons. The smallest absolute Gasteiger partial charge is 0.319 e. The van der Waals surface area contributed by atoms with Crippen LogP contribution in [-0.2, 0) is 9.53 Å². The Morgan fingerprint density at radius 3 is 2.82 bits per heavy atom. The molecular weight excluding hydrogens is 144 g/mol. The van der Waals surface area contributed by atoms with Gasteiger partial charge in [0.05, 0.1) is 7.11 Å². The van der Waals surface area contributed by atoms with Gasteiger partial charge in [0.25, 0.3) is 5.66 Å². The molecule has 1 N–H and O–H groups in total. The van der Waals surface area contributed by atoms with Crippen LogP contribution in [0.1, 0.15) is 12.8 Å². The molecule has 0 atom stereocenters. The topological polar surface area (TPSA) is 42.7 Å². The van der Waals surface area contributed by atoms with E-state index in [1.54, 1.807) is 0 Å². The summed E-state index contributed by atoms with van der Waals surface area (Å²) in [6.45, 7) is 6.92. The minimum Gasteiger partial charge on any atom is -0.468 e. The second-order valence-corrected chi connectivity index (χ2v) is 2.57. The fraction of sp³-hybridized carbons (Fsp3) is 0.714. The van der Waals surface area contributed by atoms with E-state index in [0.717, 1.165) is 12.8 Å². The third-order valence-corrected chi connectivity index (χ3v) is 1.73. The van der Waals surface area contributed by atoms with Gasteiger partial charge in [0.1, 0.15) is 6.54 Å². The van der Waals surface area contributed by atoms with Crippen molar-refractivity contribution in [2.45, 2.75) is 18.5 Å². The van der Waals surface area contributed by atoms with Crippen molar-refractivity contribution in [2.24, 2.45) is 0 Å². The number of ether oxygens (including phenoxy) is 1. The highest BCUT2D eigenvalue weighted by Gasteiger charge is 2.50. The molecule has 0 heterocycles. The molecule has 0 aliphatic heterocycles. The molecule has 4 heteroatoms. The summed E-state index contributed by atoms with van der Waals surface area (Å²) >= 11 is 0. The summed E-state index contributed by atoms with van der Waals surface area (Å²) in [5.74, 6) is -0.320. The van der Waals surface area contributed by atoms with E-state index in [0.29, 0.717) is 0 Å². The van der Waals surface area contributed by atoms with Gasteiger partial charge in [-0.1, -0.05) is 0 Å². The number of rotatable bonds is 3. The van der Waals surface area contributed by atoms with Gasteiger partial charge >= 0.3 is 5.97 Å². The molecule has 1 aliphatic carbocycles. The van der Waals surface area contributed by atoms with Crippen molar-refractivity contribution in [3.63, 3.8) is 0 Å². The Kier molecular flexibility index (Phi) is 2.11. The molecule has 1 saturated carbocycles. The largest absolute Gasteiger partial charge is 0.468 e. The summed E-state index contributed by atoms with van der Waals surface area (Å²) in [6, 6.07) is 0. The Balaban J connectivity index is 2.23. The van der Waals surface area contributed by atoms with E-state index in [-0.39, 0.29) is 12.5 Å². The van der Waals surface area contributed by atoms with Crippen molar-refractivity contribution >= 4 is 5.97 Å². The molecule has 0 aromatic rings. The Morgan fingerprint density at radius 1 is 1.82 bits per heavy atom. The summed E-state index contributed by atoms with van der Waals surface area (Å²) in [5.41, 5.74) is -0.436. The van der Waals surface area contributed by atoms with E-state index in [2.05, 4.69) is 14.9 Å². The maximum absolute atomic E-state index is 10.6. The molecule has 4 nitrogen and oxygen atoms in total. The van der Waals surface area contributed by atoms with Crippen LogP contribution in [-0.4, -0.2) is 25.3 Å². The van der Waals surface area contributed by atoms with Gasteiger partial charge in [0, 0.05) is 12.8 Å². The van der Waals surface area contributed by atoms with Crippen molar-refractivity contribution in [2.75, 3.05) is 13.7 Å². The van der Waals surface area contributed by atoms with Gasteiger partial charge in [0.15, 0.2) is 0 Å². The van der Waals surface area contributed by atoms with Crippen LogP contribution in [0, 0.1) is 6.57 Å². The lowest BCUT2D eigenvalue weighted by Gasteiger charge is -2.02. The van der Waals surface area contributed by atoms with Crippen molar-refractivity contribution < 1.29 is 9.53 Å². The molecular formula is C7H10N2O2. The molecule has 0 aromatic heterocycles. The van der Waals surface area contributed by atoms with Crippen LogP contribution in [0.4, 0.5) is 0 Å². The van der Waals surface area contributed by atoms with Crippen molar-refractivity contribution in [1.82, 2.24) is 5.32 Å². The highest BCUT2D eigenvalue weighted by molar-refractivity contribution is 5.71. The highest BCUT2D eigenvalue weighted by Crippen LogP contribution is 2.36. The molecule has 1 fully saturated rings. The fourth-order valence-electron chi connectivity index (χ4n) is 0.755. The number of hydrogen-bond donors (Lipinski definition) is 1. The number of hydrogen-bond acceptors (Lipinski definition) is 3. The van der Waals surface area contributed by atoms with E-state index in [9.17, 15) is 4.79 Å². The van der Waals surface area contributed by atoms with E-state index in [4.69, 9.17) is 6.57 Å². The highest BCUT2D eigenvalue weighted by atomic mass is 16.5. The third kappa shape index (κ3) is 1.92.